The first kappa shape index (κ1) is 12.5. The van der Waals surface area contributed by atoms with Crippen LogP contribution in [-0.2, 0) is 0 Å². The minimum Gasteiger partial charge on any atom is -0.396 e. The SMILES string of the molecule is Cc1ccc(C(C)N2CCC(CO)C2)cc1F. The van der Waals surface area contributed by atoms with Crippen molar-refractivity contribution in [3.63, 3.8) is 0 Å². The van der Waals surface area contributed by atoms with E-state index in [1.54, 1.807) is 13.0 Å². The second kappa shape index (κ2) is 5.15. The molecule has 1 aromatic carbocycles. The lowest BCUT2D eigenvalue weighted by atomic mass is 10.0. The zero-order valence-corrected chi connectivity index (χ0v) is 10.5. The number of likely N-dealkylation sites (tertiary alicyclic amines) is 1. The molecular weight excluding hydrogens is 217 g/mol. The molecule has 3 heteroatoms. The number of hydrogen-bond acceptors (Lipinski definition) is 2. The van der Waals surface area contributed by atoms with Gasteiger partial charge in [-0.1, -0.05) is 12.1 Å². The highest BCUT2D eigenvalue weighted by molar-refractivity contribution is 5.25. The number of halogens is 1. The minimum absolute atomic E-state index is 0.132. The van der Waals surface area contributed by atoms with Crippen LogP contribution >= 0.6 is 0 Å². The van der Waals surface area contributed by atoms with E-state index in [4.69, 9.17) is 5.11 Å². The van der Waals surface area contributed by atoms with Gasteiger partial charge in [-0.3, -0.25) is 4.90 Å². The third-order valence-corrected chi connectivity index (χ3v) is 3.80. The van der Waals surface area contributed by atoms with Gasteiger partial charge >= 0.3 is 0 Å². The number of aliphatic hydroxyl groups excluding tert-OH is 1. The van der Waals surface area contributed by atoms with Gasteiger partial charge in [0.25, 0.3) is 0 Å². The maximum Gasteiger partial charge on any atom is 0.126 e. The van der Waals surface area contributed by atoms with Gasteiger partial charge in [0, 0.05) is 19.2 Å². The molecule has 94 valence electrons. The van der Waals surface area contributed by atoms with Crippen LogP contribution in [0.25, 0.3) is 0 Å². The molecule has 0 spiro atoms. The molecule has 0 aromatic heterocycles. The molecule has 1 heterocycles. The van der Waals surface area contributed by atoms with E-state index in [0.29, 0.717) is 11.5 Å². The number of aryl methyl sites for hydroxylation is 1. The van der Waals surface area contributed by atoms with Crippen molar-refractivity contribution in [3.05, 3.63) is 35.1 Å². The van der Waals surface area contributed by atoms with Crippen molar-refractivity contribution in [1.29, 1.82) is 0 Å². The summed E-state index contributed by atoms with van der Waals surface area (Å²) in [4.78, 5) is 2.31. The van der Waals surface area contributed by atoms with Crippen LogP contribution in [-0.4, -0.2) is 29.7 Å². The molecule has 17 heavy (non-hydrogen) atoms. The predicted molar refractivity (Wildman–Crippen MR) is 66.3 cm³/mol. The fourth-order valence-electron chi connectivity index (χ4n) is 2.44. The molecule has 0 amide bonds. The van der Waals surface area contributed by atoms with E-state index in [1.165, 1.54) is 0 Å². The lowest BCUT2D eigenvalue weighted by Gasteiger charge is -2.24. The highest BCUT2D eigenvalue weighted by Gasteiger charge is 2.26. The summed E-state index contributed by atoms with van der Waals surface area (Å²) in [7, 11) is 0. The van der Waals surface area contributed by atoms with E-state index < -0.39 is 0 Å². The summed E-state index contributed by atoms with van der Waals surface area (Å²) in [6.07, 6.45) is 1.04. The Kier molecular flexibility index (Phi) is 3.79. The largest absolute Gasteiger partial charge is 0.396 e. The third-order valence-electron chi connectivity index (χ3n) is 3.80. The molecule has 2 nitrogen and oxygen atoms in total. The molecule has 2 rings (SSSR count). The smallest absolute Gasteiger partial charge is 0.126 e. The topological polar surface area (TPSA) is 23.5 Å². The fraction of sp³-hybridized carbons (Fsp3) is 0.571. The first-order valence-electron chi connectivity index (χ1n) is 6.22. The van der Waals surface area contributed by atoms with Crippen molar-refractivity contribution in [1.82, 2.24) is 4.90 Å². The Bertz CT molecular complexity index is 394. The Balaban J connectivity index is 2.09. The van der Waals surface area contributed by atoms with E-state index in [9.17, 15) is 4.39 Å². The van der Waals surface area contributed by atoms with Crippen LogP contribution in [0.5, 0.6) is 0 Å². The normalized spacial score (nSPS) is 22.9. The lowest BCUT2D eigenvalue weighted by molar-refractivity contribution is 0.204. The zero-order valence-electron chi connectivity index (χ0n) is 10.5. The van der Waals surface area contributed by atoms with Gasteiger partial charge in [-0.2, -0.15) is 0 Å². The van der Waals surface area contributed by atoms with E-state index in [-0.39, 0.29) is 18.5 Å². The lowest BCUT2D eigenvalue weighted by Crippen LogP contribution is -2.25. The summed E-state index contributed by atoms with van der Waals surface area (Å²) >= 11 is 0. The third kappa shape index (κ3) is 2.67. The van der Waals surface area contributed by atoms with Crippen molar-refractivity contribution in [3.8, 4) is 0 Å². The van der Waals surface area contributed by atoms with E-state index in [1.807, 2.05) is 12.1 Å². The van der Waals surface area contributed by atoms with Crippen LogP contribution in [0.15, 0.2) is 18.2 Å². The van der Waals surface area contributed by atoms with Crippen LogP contribution in [0.1, 0.15) is 30.5 Å². The Morgan fingerprint density at radius 1 is 1.53 bits per heavy atom. The predicted octanol–water partition coefficient (Wildman–Crippen LogP) is 2.51. The maximum atomic E-state index is 13.5. The van der Waals surface area contributed by atoms with Gasteiger partial charge in [0.1, 0.15) is 5.82 Å². The van der Waals surface area contributed by atoms with Gasteiger partial charge in [0.15, 0.2) is 0 Å². The van der Waals surface area contributed by atoms with Crippen LogP contribution in [0.2, 0.25) is 0 Å². The van der Waals surface area contributed by atoms with Gasteiger partial charge in [-0.15, -0.1) is 0 Å². The monoisotopic (exact) mass is 237 g/mol. The van der Waals surface area contributed by atoms with E-state index in [2.05, 4.69) is 11.8 Å². The molecular formula is C14H20FNO. The molecule has 1 aromatic rings. The Hall–Kier alpha value is -0.930. The van der Waals surface area contributed by atoms with Gasteiger partial charge in [0.05, 0.1) is 0 Å². The number of rotatable bonds is 3. The number of benzene rings is 1. The van der Waals surface area contributed by atoms with Crippen LogP contribution in [0, 0.1) is 18.7 Å². The number of nitrogens with zero attached hydrogens (tertiary/aromatic N) is 1. The molecule has 0 saturated carbocycles. The molecule has 0 bridgehead atoms. The zero-order chi connectivity index (χ0) is 12.4. The second-order valence-electron chi connectivity index (χ2n) is 5.02. The summed E-state index contributed by atoms with van der Waals surface area (Å²) < 4.78 is 13.5. The molecule has 2 unspecified atom stereocenters. The first-order chi connectivity index (χ1) is 8.11. The fourth-order valence-corrected chi connectivity index (χ4v) is 2.44. The summed E-state index contributed by atoms with van der Waals surface area (Å²) in [5.41, 5.74) is 1.71. The Morgan fingerprint density at radius 2 is 2.29 bits per heavy atom. The molecule has 1 aliphatic heterocycles. The van der Waals surface area contributed by atoms with Crippen molar-refractivity contribution < 1.29 is 9.50 Å². The summed E-state index contributed by atoms with van der Waals surface area (Å²) in [5, 5.41) is 9.13. The van der Waals surface area contributed by atoms with Crippen molar-refractivity contribution in [2.75, 3.05) is 19.7 Å². The molecule has 0 aliphatic carbocycles. The number of aliphatic hydroxyl groups is 1. The summed E-state index contributed by atoms with van der Waals surface area (Å²) in [6, 6.07) is 5.68. The highest BCUT2D eigenvalue weighted by Crippen LogP contribution is 2.27. The van der Waals surface area contributed by atoms with Crippen LogP contribution in [0.4, 0.5) is 4.39 Å². The highest BCUT2D eigenvalue weighted by atomic mass is 19.1. The van der Waals surface area contributed by atoms with Crippen molar-refractivity contribution in [2.24, 2.45) is 5.92 Å². The summed E-state index contributed by atoms with van der Waals surface area (Å²) in [6.45, 7) is 6.03. The standard InChI is InChI=1S/C14H20FNO/c1-10-3-4-13(7-14(10)15)11(2)16-6-5-12(8-16)9-17/h3-4,7,11-12,17H,5-6,8-9H2,1-2H3. The van der Waals surface area contributed by atoms with E-state index in [0.717, 1.165) is 25.1 Å². The summed E-state index contributed by atoms with van der Waals surface area (Å²) in [5.74, 6) is 0.250. The second-order valence-corrected chi connectivity index (χ2v) is 5.02. The molecule has 1 aliphatic rings. The van der Waals surface area contributed by atoms with Crippen molar-refractivity contribution >= 4 is 0 Å². The van der Waals surface area contributed by atoms with Gasteiger partial charge in [0.2, 0.25) is 0 Å². The average molecular weight is 237 g/mol. The molecule has 2 atom stereocenters. The van der Waals surface area contributed by atoms with Crippen LogP contribution < -0.4 is 0 Å². The number of hydrogen-bond donors (Lipinski definition) is 1. The molecule has 0 radical (unpaired) electrons. The Morgan fingerprint density at radius 3 is 2.88 bits per heavy atom. The molecule has 1 fully saturated rings. The van der Waals surface area contributed by atoms with Gasteiger partial charge < -0.3 is 5.11 Å². The van der Waals surface area contributed by atoms with Gasteiger partial charge in [-0.05, 0) is 49.9 Å². The van der Waals surface area contributed by atoms with Gasteiger partial charge in [-0.25, -0.2) is 4.39 Å². The maximum absolute atomic E-state index is 13.5. The minimum atomic E-state index is -0.132. The Labute approximate surface area is 102 Å². The average Bonchev–Trinajstić information content (AvgIpc) is 2.80. The van der Waals surface area contributed by atoms with Crippen LogP contribution in [0.3, 0.4) is 0 Å². The molecule has 1 saturated heterocycles. The van der Waals surface area contributed by atoms with E-state index >= 15 is 0 Å². The van der Waals surface area contributed by atoms with Crippen molar-refractivity contribution in [2.45, 2.75) is 26.3 Å². The molecule has 1 N–H and O–H groups in total. The first-order valence-corrected chi connectivity index (χ1v) is 6.22. The quantitative estimate of drug-likeness (QED) is 0.873.